The van der Waals surface area contributed by atoms with E-state index >= 15 is 0 Å². The number of carbonyl (C=O) groups excluding carboxylic acids is 1. The van der Waals surface area contributed by atoms with Crippen molar-refractivity contribution >= 4 is 17.1 Å². The number of nitrogens with zero attached hydrogens (tertiary/aromatic N) is 3. The number of imidazole rings is 1. The van der Waals surface area contributed by atoms with Crippen LogP contribution in [0.4, 0.5) is 4.39 Å². The first-order valence-corrected chi connectivity index (χ1v) is 12.6. The van der Waals surface area contributed by atoms with Gasteiger partial charge < -0.3 is 9.51 Å². The van der Waals surface area contributed by atoms with Gasteiger partial charge in [-0.05, 0) is 60.6 Å². The maximum Gasteiger partial charge on any atom is 0.163 e. The third kappa shape index (κ3) is 4.37. The minimum atomic E-state index is -0.977. The van der Waals surface area contributed by atoms with Gasteiger partial charge in [0.15, 0.2) is 5.78 Å². The van der Waals surface area contributed by atoms with E-state index in [-0.39, 0.29) is 23.9 Å². The second-order valence-electron chi connectivity index (χ2n) is 10.2. The number of aromatic nitrogens is 2. The Balaban J connectivity index is 1.18. The van der Waals surface area contributed by atoms with E-state index in [0.717, 1.165) is 40.9 Å². The van der Waals surface area contributed by atoms with Gasteiger partial charge in [-0.25, -0.2) is 9.37 Å². The number of pyridine rings is 1. The number of rotatable bonds is 6. The van der Waals surface area contributed by atoms with E-state index in [2.05, 4.69) is 4.98 Å². The quantitative estimate of drug-likeness (QED) is 0.367. The lowest BCUT2D eigenvalue weighted by Crippen LogP contribution is -2.38. The SMILES string of the molecule is O=C(CC1CCCC(O)(Cc2ccccc2F)C1)c1ccc2c(c1)C(c1ccc3nccn3c1)=NC2. The number of benzene rings is 2. The fraction of sp³-hybridized carbons (Fsp3) is 0.300. The average Bonchev–Trinajstić information content (AvgIpc) is 3.51. The third-order valence-corrected chi connectivity index (χ3v) is 7.63. The Morgan fingerprint density at radius 2 is 2.06 bits per heavy atom. The molecule has 2 atom stereocenters. The van der Waals surface area contributed by atoms with Gasteiger partial charge in [-0.15, -0.1) is 0 Å². The number of carbonyl (C=O) groups is 1. The topological polar surface area (TPSA) is 67.0 Å². The van der Waals surface area contributed by atoms with E-state index in [1.807, 2.05) is 47.1 Å². The fourth-order valence-corrected chi connectivity index (χ4v) is 5.84. The normalized spacial score (nSPS) is 21.4. The number of halogens is 1. The van der Waals surface area contributed by atoms with Crippen LogP contribution in [0.15, 0.2) is 78.2 Å². The summed E-state index contributed by atoms with van der Waals surface area (Å²) in [5.74, 6) is -0.130. The van der Waals surface area contributed by atoms with Gasteiger partial charge in [-0.2, -0.15) is 0 Å². The Labute approximate surface area is 209 Å². The third-order valence-electron chi connectivity index (χ3n) is 7.63. The van der Waals surface area contributed by atoms with E-state index < -0.39 is 5.60 Å². The number of aliphatic hydroxyl groups is 1. The smallest absolute Gasteiger partial charge is 0.163 e. The van der Waals surface area contributed by atoms with Crippen molar-refractivity contribution in [2.24, 2.45) is 10.9 Å². The van der Waals surface area contributed by atoms with E-state index in [0.29, 0.717) is 36.9 Å². The Morgan fingerprint density at radius 1 is 1.17 bits per heavy atom. The van der Waals surface area contributed by atoms with Crippen molar-refractivity contribution in [3.05, 3.63) is 107 Å². The standard InChI is InChI=1S/C30H28FN3O2/c31-26-6-2-1-5-22(26)17-30(36)11-3-4-20(16-30)14-27(35)21-7-8-23-18-33-29(25(23)15-21)24-9-10-28-32-12-13-34(28)19-24/h1-2,5-10,12-13,15,19-20,36H,3-4,11,14,16-18H2. The summed E-state index contributed by atoms with van der Waals surface area (Å²) in [7, 11) is 0. The molecule has 2 aromatic carbocycles. The summed E-state index contributed by atoms with van der Waals surface area (Å²) in [5, 5.41) is 11.3. The van der Waals surface area contributed by atoms with Crippen LogP contribution in [0.3, 0.4) is 0 Å². The van der Waals surface area contributed by atoms with E-state index in [1.54, 1.807) is 24.4 Å². The zero-order chi connectivity index (χ0) is 24.7. The van der Waals surface area contributed by atoms with Crippen molar-refractivity contribution in [1.29, 1.82) is 0 Å². The second-order valence-corrected chi connectivity index (χ2v) is 10.2. The van der Waals surface area contributed by atoms with Crippen LogP contribution in [0.5, 0.6) is 0 Å². The first-order valence-electron chi connectivity index (χ1n) is 12.6. The monoisotopic (exact) mass is 481 g/mol. The van der Waals surface area contributed by atoms with Crippen LogP contribution < -0.4 is 0 Å². The molecule has 1 fully saturated rings. The molecule has 1 aliphatic carbocycles. The lowest BCUT2D eigenvalue weighted by atomic mass is 9.73. The number of aliphatic imine (C=N–C) groups is 1. The molecule has 2 unspecified atom stereocenters. The number of ketones is 1. The molecule has 1 aliphatic heterocycles. The molecule has 2 aromatic heterocycles. The van der Waals surface area contributed by atoms with Crippen molar-refractivity contribution in [2.45, 2.75) is 50.7 Å². The van der Waals surface area contributed by atoms with E-state index in [4.69, 9.17) is 4.99 Å². The molecular weight excluding hydrogens is 453 g/mol. The van der Waals surface area contributed by atoms with Gasteiger partial charge in [0.05, 0.1) is 17.9 Å². The van der Waals surface area contributed by atoms with E-state index in [9.17, 15) is 14.3 Å². The number of Topliss-reactive ketones (excluding diaryl/α,β-unsaturated/α-hetero) is 1. The van der Waals surface area contributed by atoms with Crippen LogP contribution in [-0.4, -0.2) is 31.6 Å². The van der Waals surface area contributed by atoms with Gasteiger partial charge in [0.1, 0.15) is 11.5 Å². The number of hydrogen-bond acceptors (Lipinski definition) is 4. The highest BCUT2D eigenvalue weighted by atomic mass is 19.1. The summed E-state index contributed by atoms with van der Waals surface area (Å²) >= 11 is 0. The highest BCUT2D eigenvalue weighted by Crippen LogP contribution is 2.37. The predicted octanol–water partition coefficient (Wildman–Crippen LogP) is 5.56. The summed E-state index contributed by atoms with van der Waals surface area (Å²) in [6, 6.07) is 16.5. The van der Waals surface area contributed by atoms with Crippen molar-refractivity contribution in [1.82, 2.24) is 9.38 Å². The minimum absolute atomic E-state index is 0.0769. The molecule has 1 N–H and O–H groups in total. The fourth-order valence-electron chi connectivity index (χ4n) is 5.84. The maximum absolute atomic E-state index is 14.2. The molecule has 182 valence electrons. The van der Waals surface area contributed by atoms with Crippen LogP contribution in [-0.2, 0) is 13.0 Å². The summed E-state index contributed by atoms with van der Waals surface area (Å²) < 4.78 is 16.2. The molecule has 0 radical (unpaired) electrons. The summed E-state index contributed by atoms with van der Waals surface area (Å²) in [6.07, 6.45) is 9.23. The van der Waals surface area contributed by atoms with Crippen molar-refractivity contribution in [3.63, 3.8) is 0 Å². The van der Waals surface area contributed by atoms with Crippen molar-refractivity contribution in [2.75, 3.05) is 0 Å². The summed E-state index contributed by atoms with van der Waals surface area (Å²) in [4.78, 5) is 22.4. The van der Waals surface area contributed by atoms with Crippen LogP contribution in [0.1, 0.15) is 64.7 Å². The van der Waals surface area contributed by atoms with Crippen LogP contribution >= 0.6 is 0 Å². The highest BCUT2D eigenvalue weighted by molar-refractivity contribution is 6.16. The molecule has 4 aromatic rings. The van der Waals surface area contributed by atoms with Crippen LogP contribution in [0.2, 0.25) is 0 Å². The summed E-state index contributed by atoms with van der Waals surface area (Å²) in [6.45, 7) is 0.604. The van der Waals surface area contributed by atoms with Gasteiger partial charge in [0.25, 0.3) is 0 Å². The first-order chi connectivity index (χ1) is 17.5. The molecule has 36 heavy (non-hydrogen) atoms. The first kappa shape index (κ1) is 22.8. The zero-order valence-electron chi connectivity index (χ0n) is 20.0. The van der Waals surface area contributed by atoms with Gasteiger partial charge >= 0.3 is 0 Å². The van der Waals surface area contributed by atoms with Crippen LogP contribution in [0.25, 0.3) is 5.65 Å². The Kier molecular flexibility index (Phi) is 5.76. The van der Waals surface area contributed by atoms with Crippen LogP contribution in [0, 0.1) is 11.7 Å². The van der Waals surface area contributed by atoms with E-state index in [1.165, 1.54) is 6.07 Å². The number of hydrogen-bond donors (Lipinski definition) is 1. The predicted molar refractivity (Wildman–Crippen MR) is 137 cm³/mol. The highest BCUT2D eigenvalue weighted by Gasteiger charge is 2.36. The molecular formula is C30H28FN3O2. The molecule has 2 aliphatic rings. The van der Waals surface area contributed by atoms with Gasteiger partial charge in [0, 0.05) is 48.1 Å². The molecule has 0 amide bonds. The van der Waals surface area contributed by atoms with Gasteiger partial charge in [0.2, 0.25) is 0 Å². The van der Waals surface area contributed by atoms with Gasteiger partial charge in [-0.3, -0.25) is 9.79 Å². The Hall–Kier alpha value is -3.64. The Bertz CT molecular complexity index is 1490. The molecule has 6 heteroatoms. The summed E-state index contributed by atoms with van der Waals surface area (Å²) in [5.41, 5.74) is 5.12. The molecule has 5 nitrogen and oxygen atoms in total. The molecule has 3 heterocycles. The average molecular weight is 482 g/mol. The lowest BCUT2D eigenvalue weighted by Gasteiger charge is -2.37. The number of fused-ring (bicyclic) bond motifs is 2. The lowest BCUT2D eigenvalue weighted by molar-refractivity contribution is -0.0164. The van der Waals surface area contributed by atoms with Gasteiger partial charge in [-0.1, -0.05) is 36.8 Å². The minimum Gasteiger partial charge on any atom is -0.390 e. The second kappa shape index (κ2) is 9.10. The molecule has 0 saturated heterocycles. The maximum atomic E-state index is 14.2. The largest absolute Gasteiger partial charge is 0.390 e. The Morgan fingerprint density at radius 3 is 2.94 bits per heavy atom. The molecule has 6 rings (SSSR count). The molecule has 0 bridgehead atoms. The zero-order valence-corrected chi connectivity index (χ0v) is 20.0. The van der Waals surface area contributed by atoms with Crippen molar-refractivity contribution in [3.8, 4) is 0 Å². The molecule has 0 spiro atoms. The molecule has 1 saturated carbocycles. The van der Waals surface area contributed by atoms with Crippen molar-refractivity contribution < 1.29 is 14.3 Å².